The van der Waals surface area contributed by atoms with Gasteiger partial charge in [0.1, 0.15) is 6.61 Å². The van der Waals surface area contributed by atoms with E-state index in [1.54, 1.807) is 0 Å². The van der Waals surface area contributed by atoms with E-state index in [2.05, 4.69) is 55.7 Å². The molecule has 0 fully saturated rings. The van der Waals surface area contributed by atoms with Crippen molar-refractivity contribution in [3.63, 3.8) is 0 Å². The first-order valence-corrected chi connectivity index (χ1v) is 20.5. The summed E-state index contributed by atoms with van der Waals surface area (Å²) in [6.07, 6.45) is 30.2. The van der Waals surface area contributed by atoms with Crippen LogP contribution in [-0.4, -0.2) is 63.5 Å². The standard InChI is InChI=1S/C39H69O10P/c1-4-5-6-7-8-9-10-11-15-18-21-24-28-36(40)37(41)29-26-31-38(42)47-32-35(33-48-50(44,45)46)49-39(43)30-25-22-19-16-13-12-14-17-20-23-27-34(2)3/h5-6,8-9,11,15,21,24,34-37,40-41H,4,7,10,12-14,16-20,22-23,25-33H2,1-3H3,(H2,44,45,46)/b6-5-,9-8-,15-11-,24-21-/t35-,36+,37+/m1/s1. The molecule has 50 heavy (non-hydrogen) atoms. The fraction of sp³-hybridized carbons (Fsp3) is 0.744. The van der Waals surface area contributed by atoms with E-state index in [9.17, 15) is 24.4 Å². The Labute approximate surface area is 302 Å². The highest BCUT2D eigenvalue weighted by Gasteiger charge is 2.23. The number of allylic oxidation sites excluding steroid dienone is 7. The summed E-state index contributed by atoms with van der Waals surface area (Å²) in [6, 6.07) is 0. The van der Waals surface area contributed by atoms with E-state index < -0.39 is 51.3 Å². The molecular weight excluding hydrogens is 659 g/mol. The lowest BCUT2D eigenvalue weighted by atomic mass is 10.0. The third-order valence-corrected chi connectivity index (χ3v) is 8.48. The molecule has 11 heteroatoms. The molecule has 0 aliphatic heterocycles. The molecule has 0 radical (unpaired) electrons. The fourth-order valence-electron chi connectivity index (χ4n) is 5.06. The minimum Gasteiger partial charge on any atom is -0.462 e. The van der Waals surface area contributed by atoms with Crippen molar-refractivity contribution in [2.45, 2.75) is 167 Å². The van der Waals surface area contributed by atoms with Crippen molar-refractivity contribution in [2.24, 2.45) is 5.92 Å². The molecule has 0 spiro atoms. The van der Waals surface area contributed by atoms with Gasteiger partial charge in [0.25, 0.3) is 0 Å². The number of phosphoric acid groups is 1. The van der Waals surface area contributed by atoms with E-state index in [0.29, 0.717) is 6.42 Å². The summed E-state index contributed by atoms with van der Waals surface area (Å²) >= 11 is 0. The highest BCUT2D eigenvalue weighted by atomic mass is 31.2. The second-order valence-corrected chi connectivity index (χ2v) is 14.6. The van der Waals surface area contributed by atoms with Gasteiger partial charge in [-0.2, -0.15) is 0 Å². The number of carbonyl (C=O) groups excluding carboxylic acids is 2. The molecule has 0 aromatic heterocycles. The van der Waals surface area contributed by atoms with Crippen molar-refractivity contribution in [1.29, 1.82) is 0 Å². The molecule has 0 saturated carbocycles. The minimum atomic E-state index is -4.82. The Morgan fingerprint density at radius 1 is 0.620 bits per heavy atom. The maximum atomic E-state index is 12.4. The van der Waals surface area contributed by atoms with Crippen LogP contribution in [0.15, 0.2) is 48.6 Å². The second kappa shape index (κ2) is 32.8. The van der Waals surface area contributed by atoms with Crippen LogP contribution in [0.3, 0.4) is 0 Å². The third-order valence-electron chi connectivity index (χ3n) is 7.99. The quantitative estimate of drug-likeness (QED) is 0.0222. The van der Waals surface area contributed by atoms with Gasteiger partial charge in [-0.15, -0.1) is 0 Å². The van der Waals surface area contributed by atoms with Crippen molar-refractivity contribution in [2.75, 3.05) is 13.2 Å². The molecule has 3 atom stereocenters. The lowest BCUT2D eigenvalue weighted by Gasteiger charge is -2.19. The van der Waals surface area contributed by atoms with Crippen molar-refractivity contribution >= 4 is 19.8 Å². The Hall–Kier alpha value is -2.07. The smallest absolute Gasteiger partial charge is 0.462 e. The number of aliphatic hydroxyl groups is 2. The SMILES string of the molecule is CC/C=C\C/C=C\C/C=C\C/C=C\C[C@H](O)[C@@H](O)CCCC(=O)OC[C@H](COP(=O)(O)O)OC(=O)CCCCCCCCCCCCC(C)C. The molecule has 4 N–H and O–H groups in total. The first-order valence-electron chi connectivity index (χ1n) is 19.0. The summed E-state index contributed by atoms with van der Waals surface area (Å²) in [4.78, 5) is 42.7. The summed E-state index contributed by atoms with van der Waals surface area (Å²) in [5, 5.41) is 20.5. The molecule has 290 valence electrons. The number of phosphoric ester groups is 1. The molecular formula is C39H69O10P. The maximum absolute atomic E-state index is 12.4. The first-order chi connectivity index (χ1) is 23.9. The molecule has 0 aliphatic rings. The van der Waals surface area contributed by atoms with E-state index in [1.165, 1.54) is 44.9 Å². The van der Waals surface area contributed by atoms with Gasteiger partial charge in [-0.25, -0.2) is 4.57 Å². The van der Waals surface area contributed by atoms with Gasteiger partial charge in [0, 0.05) is 12.8 Å². The molecule has 0 heterocycles. The Morgan fingerprint density at radius 2 is 1.12 bits per heavy atom. The molecule has 0 aromatic rings. The molecule has 0 unspecified atom stereocenters. The Kier molecular flexibility index (Phi) is 31.5. The van der Waals surface area contributed by atoms with Crippen LogP contribution in [0.2, 0.25) is 0 Å². The Bertz CT molecular complexity index is 1000. The van der Waals surface area contributed by atoms with Crippen molar-refractivity contribution in [3.05, 3.63) is 48.6 Å². The van der Waals surface area contributed by atoms with Crippen LogP contribution in [0.5, 0.6) is 0 Å². The average molecular weight is 729 g/mol. The monoisotopic (exact) mass is 728 g/mol. The molecule has 0 amide bonds. The van der Waals surface area contributed by atoms with Crippen LogP contribution in [0.25, 0.3) is 0 Å². The van der Waals surface area contributed by atoms with Gasteiger partial charge < -0.3 is 29.5 Å². The minimum absolute atomic E-state index is 0.0497. The predicted octanol–water partition coefficient (Wildman–Crippen LogP) is 8.98. The van der Waals surface area contributed by atoms with Crippen LogP contribution < -0.4 is 0 Å². The number of hydrogen-bond donors (Lipinski definition) is 4. The fourth-order valence-corrected chi connectivity index (χ4v) is 5.42. The zero-order valence-corrected chi connectivity index (χ0v) is 32.1. The summed E-state index contributed by atoms with van der Waals surface area (Å²) in [7, 11) is -4.82. The predicted molar refractivity (Wildman–Crippen MR) is 200 cm³/mol. The molecule has 0 saturated heterocycles. The largest absolute Gasteiger partial charge is 0.469 e. The lowest BCUT2D eigenvalue weighted by molar-refractivity contribution is -0.161. The number of rotatable bonds is 33. The van der Waals surface area contributed by atoms with E-state index in [0.717, 1.165) is 50.9 Å². The van der Waals surface area contributed by atoms with Gasteiger partial charge in [-0.05, 0) is 57.3 Å². The van der Waals surface area contributed by atoms with Crippen LogP contribution in [0.4, 0.5) is 0 Å². The number of ether oxygens (including phenoxy) is 2. The van der Waals surface area contributed by atoms with E-state index in [1.807, 2.05) is 18.2 Å². The summed E-state index contributed by atoms with van der Waals surface area (Å²) in [6.45, 7) is 5.59. The zero-order chi connectivity index (χ0) is 37.3. The van der Waals surface area contributed by atoms with Gasteiger partial charge in [0.05, 0.1) is 18.8 Å². The summed E-state index contributed by atoms with van der Waals surface area (Å²) in [5.74, 6) is -0.397. The van der Waals surface area contributed by atoms with Gasteiger partial charge in [0.2, 0.25) is 0 Å². The number of aliphatic hydroxyl groups excluding tert-OH is 2. The number of carbonyl (C=O) groups is 2. The highest BCUT2D eigenvalue weighted by molar-refractivity contribution is 7.46. The van der Waals surface area contributed by atoms with Gasteiger partial charge >= 0.3 is 19.8 Å². The Morgan fingerprint density at radius 3 is 1.66 bits per heavy atom. The van der Waals surface area contributed by atoms with E-state index in [-0.39, 0.29) is 32.1 Å². The number of hydrogen-bond acceptors (Lipinski definition) is 8. The summed E-state index contributed by atoms with van der Waals surface area (Å²) in [5.41, 5.74) is 0. The van der Waals surface area contributed by atoms with Gasteiger partial charge in [0.15, 0.2) is 6.10 Å². The van der Waals surface area contributed by atoms with Crippen LogP contribution >= 0.6 is 7.82 Å². The average Bonchev–Trinajstić information content (AvgIpc) is 3.06. The second-order valence-electron chi connectivity index (χ2n) is 13.3. The van der Waals surface area contributed by atoms with E-state index >= 15 is 0 Å². The lowest BCUT2D eigenvalue weighted by Crippen LogP contribution is -2.29. The highest BCUT2D eigenvalue weighted by Crippen LogP contribution is 2.36. The van der Waals surface area contributed by atoms with E-state index in [4.69, 9.17) is 19.3 Å². The third kappa shape index (κ3) is 34.4. The molecule has 0 rings (SSSR count). The molecule has 0 aromatic carbocycles. The van der Waals surface area contributed by atoms with Crippen molar-refractivity contribution in [1.82, 2.24) is 0 Å². The normalized spacial score (nSPS) is 14.4. The zero-order valence-electron chi connectivity index (χ0n) is 31.2. The number of unbranched alkanes of at least 4 members (excludes halogenated alkanes) is 9. The van der Waals surface area contributed by atoms with Crippen LogP contribution in [0, 0.1) is 5.92 Å². The maximum Gasteiger partial charge on any atom is 0.469 e. The van der Waals surface area contributed by atoms with Crippen molar-refractivity contribution in [3.8, 4) is 0 Å². The van der Waals surface area contributed by atoms with Crippen LogP contribution in [-0.2, 0) is 28.2 Å². The van der Waals surface area contributed by atoms with Gasteiger partial charge in [-0.1, -0.05) is 134 Å². The van der Waals surface area contributed by atoms with Gasteiger partial charge in [-0.3, -0.25) is 14.1 Å². The molecule has 0 bridgehead atoms. The molecule has 10 nitrogen and oxygen atoms in total. The summed E-state index contributed by atoms with van der Waals surface area (Å²) < 4.78 is 26.1. The Balaban J connectivity index is 4.24. The van der Waals surface area contributed by atoms with Crippen LogP contribution in [0.1, 0.15) is 149 Å². The topological polar surface area (TPSA) is 160 Å². The number of esters is 2. The first kappa shape index (κ1) is 47.9. The van der Waals surface area contributed by atoms with Crippen molar-refractivity contribution < 1.29 is 48.2 Å². The molecule has 0 aliphatic carbocycles.